The van der Waals surface area contributed by atoms with E-state index >= 15 is 0 Å². The number of nitrogens with zero attached hydrogens (tertiary/aromatic N) is 3. The lowest BCUT2D eigenvalue weighted by Crippen LogP contribution is -2.24. The Hall–Kier alpha value is -3.06. The maximum absolute atomic E-state index is 12.7. The maximum atomic E-state index is 12.7. The molecule has 1 aliphatic heterocycles. The number of hydrogen-bond acceptors (Lipinski definition) is 7. The first-order chi connectivity index (χ1) is 14.4. The largest absolute Gasteiger partial charge is 0.496 e. The molecule has 0 saturated heterocycles. The Morgan fingerprint density at radius 2 is 1.90 bits per heavy atom. The molecular formula is C23H23N3O3S. The van der Waals surface area contributed by atoms with Crippen LogP contribution in [0.5, 0.6) is 5.75 Å². The quantitative estimate of drug-likeness (QED) is 0.421. The zero-order valence-electron chi connectivity index (χ0n) is 17.4. The van der Waals surface area contributed by atoms with Crippen molar-refractivity contribution in [3.8, 4) is 17.2 Å². The number of para-hydroxylation sites is 2. The number of methoxy groups -OCH3 is 1. The van der Waals surface area contributed by atoms with Gasteiger partial charge in [0.1, 0.15) is 5.75 Å². The summed E-state index contributed by atoms with van der Waals surface area (Å²) in [5, 5.41) is 8.49. The van der Waals surface area contributed by atoms with Gasteiger partial charge in [0.25, 0.3) is 11.1 Å². The predicted molar refractivity (Wildman–Crippen MR) is 118 cm³/mol. The van der Waals surface area contributed by atoms with Crippen molar-refractivity contribution in [2.45, 2.75) is 24.5 Å². The summed E-state index contributed by atoms with van der Waals surface area (Å²) in [6, 6.07) is 15.7. The number of anilines is 1. The third kappa shape index (κ3) is 3.61. The van der Waals surface area contributed by atoms with Gasteiger partial charge in [0.2, 0.25) is 0 Å². The maximum Gasteiger partial charge on any atom is 0.277 e. The molecule has 2 aromatic carbocycles. The Bertz CT molecular complexity index is 1120. The van der Waals surface area contributed by atoms with Gasteiger partial charge in [-0.15, -0.1) is 10.2 Å². The minimum Gasteiger partial charge on any atom is -0.496 e. The van der Waals surface area contributed by atoms with Crippen LogP contribution in [0.2, 0.25) is 0 Å². The van der Waals surface area contributed by atoms with E-state index < -0.39 is 0 Å². The SMILES string of the molecule is COc1ccccc1-c1nnc(SCC(=O)/C=C2/N(C)c3ccccc3C2(C)C)o1. The minimum absolute atomic E-state index is 0.000210. The number of rotatable bonds is 6. The number of likely N-dealkylation sites (N-methyl/N-ethyl adjacent to an activating group) is 1. The number of thioether (sulfide) groups is 1. The van der Waals surface area contributed by atoms with Crippen molar-refractivity contribution in [3.05, 3.63) is 65.9 Å². The van der Waals surface area contributed by atoms with E-state index in [1.54, 1.807) is 13.2 Å². The normalized spacial score (nSPS) is 16.0. The third-order valence-corrected chi connectivity index (χ3v) is 6.16. The lowest BCUT2D eigenvalue weighted by Gasteiger charge is -2.23. The van der Waals surface area contributed by atoms with E-state index in [0.717, 1.165) is 16.9 Å². The Labute approximate surface area is 179 Å². The van der Waals surface area contributed by atoms with Gasteiger partial charge in [-0.25, -0.2) is 0 Å². The van der Waals surface area contributed by atoms with Gasteiger partial charge in [0.05, 0.1) is 18.4 Å². The molecule has 0 spiro atoms. The number of fused-ring (bicyclic) bond motifs is 1. The summed E-state index contributed by atoms with van der Waals surface area (Å²) in [4.78, 5) is 14.8. The van der Waals surface area contributed by atoms with Gasteiger partial charge in [0, 0.05) is 29.9 Å². The summed E-state index contributed by atoms with van der Waals surface area (Å²) >= 11 is 1.23. The standard InChI is InChI=1S/C23H23N3O3S/c1-23(2)17-10-6-7-11-18(17)26(3)20(23)13-15(27)14-30-22-25-24-21(29-22)16-9-5-8-12-19(16)28-4/h5-13H,14H2,1-4H3/b20-13+. The molecule has 0 aliphatic carbocycles. The van der Waals surface area contributed by atoms with Crippen LogP contribution in [0, 0.1) is 0 Å². The summed E-state index contributed by atoms with van der Waals surface area (Å²) in [7, 11) is 3.59. The summed E-state index contributed by atoms with van der Waals surface area (Å²) in [5.74, 6) is 1.24. The predicted octanol–water partition coefficient (Wildman–Crippen LogP) is 4.72. The average Bonchev–Trinajstić information content (AvgIpc) is 3.30. The van der Waals surface area contributed by atoms with Crippen LogP contribution in [0.1, 0.15) is 19.4 Å². The molecule has 0 amide bonds. The first-order valence-corrected chi connectivity index (χ1v) is 10.6. The highest BCUT2D eigenvalue weighted by Crippen LogP contribution is 2.46. The van der Waals surface area contributed by atoms with Crippen molar-refractivity contribution in [1.82, 2.24) is 10.2 Å². The van der Waals surface area contributed by atoms with Crippen LogP contribution in [0.15, 0.2) is 69.9 Å². The van der Waals surface area contributed by atoms with E-state index in [4.69, 9.17) is 9.15 Å². The molecule has 0 fully saturated rings. The van der Waals surface area contributed by atoms with E-state index in [2.05, 4.69) is 41.1 Å². The zero-order chi connectivity index (χ0) is 21.3. The second kappa shape index (κ2) is 7.99. The van der Waals surface area contributed by atoms with Crippen LogP contribution in [0.3, 0.4) is 0 Å². The van der Waals surface area contributed by atoms with Crippen LogP contribution in [0.25, 0.3) is 11.5 Å². The number of carbonyl (C=O) groups is 1. The summed E-state index contributed by atoms with van der Waals surface area (Å²) < 4.78 is 11.1. The Kier molecular flexibility index (Phi) is 5.39. The molecule has 0 saturated carbocycles. The van der Waals surface area contributed by atoms with Crippen LogP contribution in [0.4, 0.5) is 5.69 Å². The first-order valence-electron chi connectivity index (χ1n) is 9.59. The van der Waals surface area contributed by atoms with Gasteiger partial charge in [-0.3, -0.25) is 4.79 Å². The Balaban J connectivity index is 1.47. The van der Waals surface area contributed by atoms with E-state index in [9.17, 15) is 4.79 Å². The summed E-state index contributed by atoms with van der Waals surface area (Å²) in [6.45, 7) is 4.28. The highest BCUT2D eigenvalue weighted by molar-refractivity contribution is 7.99. The molecule has 0 N–H and O–H groups in total. The van der Waals surface area contributed by atoms with Gasteiger partial charge < -0.3 is 14.1 Å². The van der Waals surface area contributed by atoms with Crippen molar-refractivity contribution in [1.29, 1.82) is 0 Å². The lowest BCUT2D eigenvalue weighted by molar-refractivity contribution is -0.112. The lowest BCUT2D eigenvalue weighted by atomic mass is 9.83. The van der Waals surface area contributed by atoms with Gasteiger partial charge in [0.15, 0.2) is 5.78 Å². The molecule has 0 unspecified atom stereocenters. The fourth-order valence-corrected chi connectivity index (χ4v) is 4.37. The van der Waals surface area contributed by atoms with Crippen molar-refractivity contribution in [3.63, 3.8) is 0 Å². The van der Waals surface area contributed by atoms with Crippen molar-refractivity contribution >= 4 is 23.2 Å². The highest BCUT2D eigenvalue weighted by atomic mass is 32.2. The second-order valence-electron chi connectivity index (χ2n) is 7.56. The molecule has 0 bridgehead atoms. The number of ether oxygens (including phenoxy) is 1. The molecule has 1 aliphatic rings. The second-order valence-corrected chi connectivity index (χ2v) is 8.49. The smallest absolute Gasteiger partial charge is 0.277 e. The molecule has 7 heteroatoms. The van der Waals surface area contributed by atoms with Crippen LogP contribution in [-0.2, 0) is 10.2 Å². The fourth-order valence-electron chi connectivity index (χ4n) is 3.78. The Morgan fingerprint density at radius 1 is 1.17 bits per heavy atom. The minimum atomic E-state index is -0.229. The monoisotopic (exact) mass is 421 g/mol. The zero-order valence-corrected chi connectivity index (χ0v) is 18.2. The summed E-state index contributed by atoms with van der Waals surface area (Å²) in [5.41, 5.74) is 3.83. The van der Waals surface area contributed by atoms with Crippen molar-refractivity contribution in [2.24, 2.45) is 0 Å². The van der Waals surface area contributed by atoms with Gasteiger partial charge >= 0.3 is 0 Å². The molecule has 4 rings (SSSR count). The topological polar surface area (TPSA) is 68.5 Å². The van der Waals surface area contributed by atoms with Crippen LogP contribution in [-0.4, -0.2) is 35.9 Å². The molecule has 0 radical (unpaired) electrons. The van der Waals surface area contributed by atoms with E-state index in [1.807, 2.05) is 43.4 Å². The van der Waals surface area contributed by atoms with Gasteiger partial charge in [-0.1, -0.05) is 55.9 Å². The number of allylic oxidation sites excluding steroid dienone is 2. The number of benzene rings is 2. The Morgan fingerprint density at radius 3 is 2.67 bits per heavy atom. The first kappa shape index (κ1) is 20.2. The summed E-state index contributed by atoms with van der Waals surface area (Å²) in [6.07, 6.45) is 1.73. The molecule has 1 aromatic heterocycles. The third-order valence-electron chi connectivity index (χ3n) is 5.32. The van der Waals surface area contributed by atoms with E-state index in [-0.39, 0.29) is 17.0 Å². The van der Waals surface area contributed by atoms with Crippen LogP contribution < -0.4 is 9.64 Å². The molecule has 6 nitrogen and oxygen atoms in total. The van der Waals surface area contributed by atoms with E-state index in [0.29, 0.717) is 16.9 Å². The van der Waals surface area contributed by atoms with E-state index in [1.165, 1.54) is 17.3 Å². The molecule has 3 aromatic rings. The fraction of sp³-hybridized carbons (Fsp3) is 0.261. The van der Waals surface area contributed by atoms with Crippen LogP contribution >= 0.6 is 11.8 Å². The number of hydrogen-bond donors (Lipinski definition) is 0. The molecular weight excluding hydrogens is 398 g/mol. The molecule has 154 valence electrons. The van der Waals surface area contributed by atoms with Gasteiger partial charge in [-0.2, -0.15) is 0 Å². The number of ketones is 1. The number of carbonyl (C=O) groups excluding carboxylic acids is 1. The molecule has 30 heavy (non-hydrogen) atoms. The highest BCUT2D eigenvalue weighted by Gasteiger charge is 2.38. The van der Waals surface area contributed by atoms with Crippen molar-refractivity contribution < 1.29 is 13.9 Å². The average molecular weight is 422 g/mol. The molecule has 2 heterocycles. The number of aromatic nitrogens is 2. The molecule has 0 atom stereocenters. The van der Waals surface area contributed by atoms with Crippen molar-refractivity contribution in [2.75, 3.05) is 24.8 Å². The van der Waals surface area contributed by atoms with Gasteiger partial charge in [-0.05, 0) is 23.8 Å².